The van der Waals surface area contributed by atoms with Crippen LogP contribution in [0.15, 0.2) is 45.9 Å². The molecule has 0 spiro atoms. The van der Waals surface area contributed by atoms with E-state index in [0.29, 0.717) is 16.6 Å². The normalized spacial score (nSPS) is 10.6. The van der Waals surface area contributed by atoms with Crippen LogP contribution in [0.4, 0.5) is 10.1 Å². The minimum absolute atomic E-state index is 0.296. The second-order valence-corrected chi connectivity index (χ2v) is 4.19. The van der Waals surface area contributed by atoms with Crippen molar-refractivity contribution in [2.75, 3.05) is 5.32 Å². The molecule has 0 saturated carbocycles. The van der Waals surface area contributed by atoms with Gasteiger partial charge in [-0.15, -0.1) is 0 Å². The van der Waals surface area contributed by atoms with E-state index in [9.17, 15) is 4.39 Å². The van der Waals surface area contributed by atoms with Crippen LogP contribution < -0.4 is 10.7 Å². The number of anilines is 1. The third-order valence-corrected chi connectivity index (χ3v) is 2.41. The predicted molar refractivity (Wildman–Crippen MR) is 76.8 cm³/mol. The number of hydrogen-bond acceptors (Lipinski definition) is 3. The molecule has 0 fully saturated rings. The quantitative estimate of drug-likeness (QED) is 0.514. The van der Waals surface area contributed by atoms with E-state index in [1.807, 2.05) is 13.0 Å². The lowest BCUT2D eigenvalue weighted by atomic mass is 10.3. The maximum absolute atomic E-state index is 12.7. The number of hydrazone groups is 1. The first-order chi connectivity index (χ1) is 9.13. The van der Waals surface area contributed by atoms with Crippen molar-refractivity contribution in [2.24, 2.45) is 5.10 Å². The highest BCUT2D eigenvalue weighted by Crippen LogP contribution is 2.07. The fraction of sp³-hybridized carbons (Fsp3) is 0.0769. The Morgan fingerprint density at radius 3 is 2.63 bits per heavy atom. The number of thiocarbonyl (C=S) groups is 1. The number of nitrogens with one attached hydrogen (secondary N) is 2. The summed E-state index contributed by atoms with van der Waals surface area (Å²) >= 11 is 5.03. The van der Waals surface area contributed by atoms with Crippen molar-refractivity contribution < 1.29 is 8.81 Å². The van der Waals surface area contributed by atoms with Gasteiger partial charge in [0.05, 0.1) is 6.21 Å². The molecule has 2 rings (SSSR count). The van der Waals surface area contributed by atoms with Gasteiger partial charge in [-0.25, -0.2) is 4.39 Å². The van der Waals surface area contributed by atoms with Gasteiger partial charge in [-0.1, -0.05) is 0 Å². The van der Waals surface area contributed by atoms with E-state index in [1.165, 1.54) is 18.3 Å². The lowest BCUT2D eigenvalue weighted by Gasteiger charge is -2.06. The summed E-state index contributed by atoms with van der Waals surface area (Å²) in [6, 6.07) is 9.51. The zero-order chi connectivity index (χ0) is 13.7. The molecule has 1 aromatic heterocycles. The molecule has 0 radical (unpaired) electrons. The van der Waals surface area contributed by atoms with Gasteiger partial charge in [0.2, 0.25) is 0 Å². The minimum atomic E-state index is -0.296. The topological polar surface area (TPSA) is 49.6 Å². The summed E-state index contributed by atoms with van der Waals surface area (Å²) in [5.74, 6) is 1.15. The molecule has 2 N–H and O–H groups in total. The van der Waals surface area contributed by atoms with Crippen LogP contribution in [0.5, 0.6) is 0 Å². The second kappa shape index (κ2) is 6.10. The molecule has 0 atom stereocenters. The second-order valence-electron chi connectivity index (χ2n) is 3.78. The Kier molecular flexibility index (Phi) is 4.25. The van der Waals surface area contributed by atoms with Crippen LogP contribution in [0.25, 0.3) is 0 Å². The van der Waals surface area contributed by atoms with Crippen LogP contribution in [0.2, 0.25) is 0 Å². The molecule has 2 aromatic rings. The molecule has 98 valence electrons. The highest BCUT2D eigenvalue weighted by Gasteiger charge is 1.97. The maximum atomic E-state index is 12.7. The zero-order valence-corrected chi connectivity index (χ0v) is 11.0. The number of aryl methyl sites for hydroxylation is 1. The summed E-state index contributed by atoms with van der Waals surface area (Å²) < 4.78 is 18.0. The monoisotopic (exact) mass is 277 g/mol. The van der Waals surface area contributed by atoms with Crippen LogP contribution in [-0.2, 0) is 0 Å². The van der Waals surface area contributed by atoms with Crippen molar-refractivity contribution in [2.45, 2.75) is 6.92 Å². The molecule has 0 unspecified atom stereocenters. The zero-order valence-electron chi connectivity index (χ0n) is 10.2. The molecule has 0 aliphatic rings. The maximum Gasteiger partial charge on any atom is 0.191 e. The van der Waals surface area contributed by atoms with E-state index in [4.69, 9.17) is 16.6 Å². The Morgan fingerprint density at radius 1 is 1.26 bits per heavy atom. The molecule has 1 heterocycles. The van der Waals surface area contributed by atoms with Crippen LogP contribution in [0, 0.1) is 12.7 Å². The Balaban J connectivity index is 1.84. The molecule has 0 aliphatic carbocycles. The molecule has 19 heavy (non-hydrogen) atoms. The van der Waals surface area contributed by atoms with E-state index >= 15 is 0 Å². The number of halogens is 1. The van der Waals surface area contributed by atoms with Gasteiger partial charge in [0.1, 0.15) is 17.3 Å². The number of benzene rings is 1. The molecule has 1 aromatic carbocycles. The summed E-state index contributed by atoms with van der Waals surface area (Å²) in [6.07, 6.45) is 1.52. The highest BCUT2D eigenvalue weighted by atomic mass is 32.1. The first-order valence-electron chi connectivity index (χ1n) is 5.55. The number of rotatable bonds is 3. The third-order valence-electron chi connectivity index (χ3n) is 2.22. The van der Waals surface area contributed by atoms with E-state index in [-0.39, 0.29) is 5.82 Å². The SMILES string of the molecule is Cc1ccc(/C=N/NC(=S)Nc2ccc(F)cc2)o1. The molecule has 0 saturated heterocycles. The van der Waals surface area contributed by atoms with Gasteiger partial charge in [-0.2, -0.15) is 5.10 Å². The first-order valence-corrected chi connectivity index (χ1v) is 5.96. The molecule has 0 bridgehead atoms. The highest BCUT2D eigenvalue weighted by molar-refractivity contribution is 7.80. The summed E-state index contributed by atoms with van der Waals surface area (Å²) in [4.78, 5) is 0. The average molecular weight is 277 g/mol. The van der Waals surface area contributed by atoms with Gasteiger partial charge < -0.3 is 9.73 Å². The lowest BCUT2D eigenvalue weighted by Crippen LogP contribution is -2.23. The Bertz CT molecular complexity index is 592. The van der Waals surface area contributed by atoms with Gasteiger partial charge in [-0.05, 0) is 55.5 Å². The number of furan rings is 1. The molecule has 6 heteroatoms. The lowest BCUT2D eigenvalue weighted by molar-refractivity contribution is 0.527. The smallest absolute Gasteiger partial charge is 0.191 e. The van der Waals surface area contributed by atoms with Crippen molar-refractivity contribution in [3.8, 4) is 0 Å². The van der Waals surface area contributed by atoms with Crippen LogP contribution in [0.1, 0.15) is 11.5 Å². The molecular formula is C13H12FN3OS. The van der Waals surface area contributed by atoms with Crippen molar-refractivity contribution in [3.05, 3.63) is 53.7 Å². The van der Waals surface area contributed by atoms with E-state index in [1.54, 1.807) is 18.2 Å². The third kappa shape index (κ3) is 4.18. The van der Waals surface area contributed by atoms with Crippen molar-refractivity contribution in [3.63, 3.8) is 0 Å². The van der Waals surface area contributed by atoms with Crippen molar-refractivity contribution in [1.29, 1.82) is 0 Å². The van der Waals surface area contributed by atoms with E-state index < -0.39 is 0 Å². The molecule has 0 amide bonds. The van der Waals surface area contributed by atoms with Crippen LogP contribution in [-0.4, -0.2) is 11.3 Å². The first kappa shape index (κ1) is 13.2. The molecule has 4 nitrogen and oxygen atoms in total. The van der Waals surface area contributed by atoms with E-state index in [2.05, 4.69) is 15.8 Å². The molecule has 0 aliphatic heterocycles. The number of hydrogen-bond donors (Lipinski definition) is 2. The average Bonchev–Trinajstić information content (AvgIpc) is 2.78. The summed E-state index contributed by atoms with van der Waals surface area (Å²) in [7, 11) is 0. The van der Waals surface area contributed by atoms with Gasteiger partial charge in [0, 0.05) is 5.69 Å². The molecular weight excluding hydrogens is 265 g/mol. The predicted octanol–water partition coefficient (Wildman–Crippen LogP) is 3.05. The van der Waals surface area contributed by atoms with Gasteiger partial charge >= 0.3 is 0 Å². The fourth-order valence-electron chi connectivity index (χ4n) is 1.37. The van der Waals surface area contributed by atoms with Crippen molar-refractivity contribution in [1.82, 2.24) is 5.43 Å². The standard InChI is InChI=1S/C13H12FN3OS/c1-9-2-7-12(18-9)8-15-17-13(19)16-11-5-3-10(14)4-6-11/h2-8H,1H3,(H2,16,17,19)/b15-8+. The van der Waals surface area contributed by atoms with Crippen LogP contribution >= 0.6 is 12.2 Å². The number of nitrogens with zero attached hydrogens (tertiary/aromatic N) is 1. The van der Waals surface area contributed by atoms with Gasteiger partial charge in [0.25, 0.3) is 0 Å². The van der Waals surface area contributed by atoms with E-state index in [0.717, 1.165) is 5.76 Å². The summed E-state index contributed by atoms with van der Waals surface area (Å²) in [5, 5.41) is 7.10. The summed E-state index contributed by atoms with van der Waals surface area (Å²) in [6.45, 7) is 1.85. The Morgan fingerprint density at radius 2 is 2.00 bits per heavy atom. The Hall–Kier alpha value is -2.21. The fourth-order valence-corrected chi connectivity index (χ4v) is 1.54. The largest absolute Gasteiger partial charge is 0.460 e. The minimum Gasteiger partial charge on any atom is -0.460 e. The van der Waals surface area contributed by atoms with Gasteiger partial charge in [-0.3, -0.25) is 5.43 Å². The Labute approximate surface area is 115 Å². The van der Waals surface area contributed by atoms with Gasteiger partial charge in [0.15, 0.2) is 5.11 Å². The summed E-state index contributed by atoms with van der Waals surface area (Å²) in [5.41, 5.74) is 3.32. The van der Waals surface area contributed by atoms with Crippen LogP contribution in [0.3, 0.4) is 0 Å². The van der Waals surface area contributed by atoms with Crippen molar-refractivity contribution >= 4 is 29.2 Å².